The van der Waals surface area contributed by atoms with Crippen molar-refractivity contribution < 1.29 is 0 Å². The lowest BCUT2D eigenvalue weighted by Crippen LogP contribution is -1.90. The second kappa shape index (κ2) is 3.93. The van der Waals surface area contributed by atoms with Crippen molar-refractivity contribution in [1.29, 1.82) is 0 Å². The Labute approximate surface area is 61.8 Å². The van der Waals surface area contributed by atoms with Gasteiger partial charge in [-0.2, -0.15) is 5.10 Å². The second-order valence-corrected chi connectivity index (χ2v) is 1.87. The summed E-state index contributed by atoms with van der Waals surface area (Å²) in [5, 5.41) is 3.91. The zero-order chi connectivity index (χ0) is 8.15. The average molecular weight is 141 g/mol. The molecule has 0 atom stereocenters. The van der Waals surface area contributed by atoms with Crippen LogP contribution >= 0.6 is 0 Å². The molecule has 0 amide bonds. The Morgan fingerprint density at radius 2 is 2.00 bits per heavy atom. The van der Waals surface area contributed by atoms with Gasteiger partial charge in [-0.3, -0.25) is 4.68 Å². The molecule has 0 spiro atoms. The molecule has 58 valence electrons. The van der Waals surface area contributed by atoms with Gasteiger partial charge >= 0.3 is 0 Å². The van der Waals surface area contributed by atoms with Gasteiger partial charge in [0.1, 0.15) is 5.82 Å². The van der Waals surface area contributed by atoms with Crippen molar-refractivity contribution >= 4 is 5.82 Å². The molecule has 1 heterocycles. The molecule has 10 heavy (non-hydrogen) atoms. The van der Waals surface area contributed by atoms with Crippen molar-refractivity contribution in [3.05, 3.63) is 11.8 Å². The normalized spacial score (nSPS) is 8.40. The standard InChI is InChI=1S/C5H9N3.C2H6/c1-4-3-8(2)7-5(4)6;1-2/h3H,1-2H3,(H2,6,7);1-2H3. The van der Waals surface area contributed by atoms with Crippen LogP contribution in [0.1, 0.15) is 19.4 Å². The van der Waals surface area contributed by atoms with Gasteiger partial charge in [0.2, 0.25) is 0 Å². The summed E-state index contributed by atoms with van der Waals surface area (Å²) in [6.45, 7) is 5.93. The summed E-state index contributed by atoms with van der Waals surface area (Å²) in [4.78, 5) is 0. The number of aromatic nitrogens is 2. The smallest absolute Gasteiger partial charge is 0.148 e. The number of nitrogen functional groups attached to an aromatic ring is 1. The SMILES string of the molecule is CC.Cc1cn(C)nc1N. The summed E-state index contributed by atoms with van der Waals surface area (Å²) >= 11 is 0. The summed E-state index contributed by atoms with van der Waals surface area (Å²) in [6.07, 6.45) is 1.88. The molecule has 1 aromatic rings. The molecule has 0 saturated carbocycles. The van der Waals surface area contributed by atoms with Gasteiger partial charge in [-0.05, 0) is 6.92 Å². The number of nitrogens with two attached hydrogens (primary N) is 1. The number of rotatable bonds is 0. The third kappa shape index (κ3) is 2.09. The van der Waals surface area contributed by atoms with Crippen molar-refractivity contribution in [2.75, 3.05) is 5.73 Å². The van der Waals surface area contributed by atoms with Crippen LogP contribution in [0.2, 0.25) is 0 Å². The minimum absolute atomic E-state index is 0.618. The predicted octanol–water partition coefficient (Wildman–Crippen LogP) is 1.34. The lowest BCUT2D eigenvalue weighted by molar-refractivity contribution is 0.771. The Morgan fingerprint density at radius 1 is 1.50 bits per heavy atom. The van der Waals surface area contributed by atoms with Gasteiger partial charge in [0.05, 0.1) is 0 Å². The Bertz CT molecular complexity index is 171. The minimum Gasteiger partial charge on any atom is -0.382 e. The van der Waals surface area contributed by atoms with Gasteiger partial charge in [0.25, 0.3) is 0 Å². The zero-order valence-corrected chi connectivity index (χ0v) is 7.05. The fourth-order valence-electron chi connectivity index (χ4n) is 0.624. The molecule has 0 fully saturated rings. The van der Waals surface area contributed by atoms with Gasteiger partial charge in [0.15, 0.2) is 0 Å². The van der Waals surface area contributed by atoms with Crippen LogP contribution in [0.15, 0.2) is 6.20 Å². The van der Waals surface area contributed by atoms with Crippen molar-refractivity contribution in [2.45, 2.75) is 20.8 Å². The van der Waals surface area contributed by atoms with Crippen LogP contribution in [0.5, 0.6) is 0 Å². The summed E-state index contributed by atoms with van der Waals surface area (Å²) in [6, 6.07) is 0. The van der Waals surface area contributed by atoms with Gasteiger partial charge in [-0.1, -0.05) is 13.8 Å². The largest absolute Gasteiger partial charge is 0.382 e. The predicted molar refractivity (Wildman–Crippen MR) is 43.7 cm³/mol. The first-order chi connectivity index (χ1) is 4.70. The fraction of sp³-hybridized carbons (Fsp3) is 0.571. The summed E-state index contributed by atoms with van der Waals surface area (Å²) in [7, 11) is 1.85. The molecule has 0 aliphatic carbocycles. The van der Waals surface area contributed by atoms with E-state index in [2.05, 4.69) is 5.10 Å². The first-order valence-corrected chi connectivity index (χ1v) is 3.46. The van der Waals surface area contributed by atoms with Crippen LogP contribution < -0.4 is 5.73 Å². The molecule has 3 heteroatoms. The molecule has 0 aliphatic heterocycles. The van der Waals surface area contributed by atoms with E-state index in [1.165, 1.54) is 0 Å². The highest BCUT2D eigenvalue weighted by Crippen LogP contribution is 2.03. The Morgan fingerprint density at radius 3 is 2.10 bits per heavy atom. The molecule has 0 aromatic carbocycles. The van der Waals surface area contributed by atoms with Gasteiger partial charge < -0.3 is 5.73 Å². The van der Waals surface area contributed by atoms with E-state index in [0.29, 0.717) is 5.82 Å². The van der Waals surface area contributed by atoms with Crippen LogP contribution in [0, 0.1) is 6.92 Å². The van der Waals surface area contributed by atoms with Gasteiger partial charge in [-0.25, -0.2) is 0 Å². The lowest BCUT2D eigenvalue weighted by atomic mass is 10.4. The topological polar surface area (TPSA) is 43.8 Å². The molecule has 0 radical (unpaired) electrons. The summed E-state index contributed by atoms with van der Waals surface area (Å²) < 4.78 is 1.70. The molecule has 0 saturated heterocycles. The molecule has 1 rings (SSSR count). The molecule has 0 aliphatic rings. The van der Waals surface area contributed by atoms with Crippen molar-refractivity contribution in [3.63, 3.8) is 0 Å². The maximum atomic E-state index is 5.41. The van der Waals surface area contributed by atoms with E-state index in [9.17, 15) is 0 Å². The quantitative estimate of drug-likeness (QED) is 0.592. The number of aryl methyl sites for hydroxylation is 2. The lowest BCUT2D eigenvalue weighted by Gasteiger charge is -1.80. The monoisotopic (exact) mass is 141 g/mol. The van der Waals surface area contributed by atoms with Crippen LogP contribution in [0.3, 0.4) is 0 Å². The highest BCUT2D eigenvalue weighted by atomic mass is 15.3. The Balaban J connectivity index is 0.000000371. The molecular formula is C7H15N3. The first-order valence-electron chi connectivity index (χ1n) is 3.46. The van der Waals surface area contributed by atoms with E-state index in [1.807, 2.05) is 34.0 Å². The molecular weight excluding hydrogens is 126 g/mol. The third-order valence-corrected chi connectivity index (χ3v) is 1.05. The third-order valence-electron chi connectivity index (χ3n) is 1.05. The van der Waals surface area contributed by atoms with E-state index >= 15 is 0 Å². The molecule has 2 N–H and O–H groups in total. The maximum Gasteiger partial charge on any atom is 0.148 e. The molecule has 1 aromatic heterocycles. The van der Waals surface area contributed by atoms with Gasteiger partial charge in [0, 0.05) is 18.8 Å². The van der Waals surface area contributed by atoms with E-state index in [4.69, 9.17) is 5.73 Å². The van der Waals surface area contributed by atoms with Crippen molar-refractivity contribution in [2.24, 2.45) is 7.05 Å². The van der Waals surface area contributed by atoms with Crippen LogP contribution in [-0.4, -0.2) is 9.78 Å². The van der Waals surface area contributed by atoms with E-state index in [-0.39, 0.29) is 0 Å². The van der Waals surface area contributed by atoms with Crippen molar-refractivity contribution in [3.8, 4) is 0 Å². The second-order valence-electron chi connectivity index (χ2n) is 1.87. The van der Waals surface area contributed by atoms with E-state index < -0.39 is 0 Å². The van der Waals surface area contributed by atoms with Crippen LogP contribution in [0.4, 0.5) is 5.82 Å². The molecule has 0 unspecified atom stereocenters. The average Bonchev–Trinajstić information content (AvgIpc) is 2.16. The number of anilines is 1. The number of hydrogen-bond acceptors (Lipinski definition) is 2. The number of nitrogens with zero attached hydrogens (tertiary/aromatic N) is 2. The van der Waals surface area contributed by atoms with Crippen LogP contribution in [0.25, 0.3) is 0 Å². The number of hydrogen-bond donors (Lipinski definition) is 1. The van der Waals surface area contributed by atoms with E-state index in [0.717, 1.165) is 5.56 Å². The molecule has 0 bridgehead atoms. The maximum absolute atomic E-state index is 5.41. The highest BCUT2D eigenvalue weighted by Gasteiger charge is 1.93. The minimum atomic E-state index is 0.618. The highest BCUT2D eigenvalue weighted by molar-refractivity contribution is 5.35. The fourth-order valence-corrected chi connectivity index (χ4v) is 0.624. The summed E-state index contributed by atoms with van der Waals surface area (Å²) in [5.74, 6) is 0.618. The molecule has 3 nitrogen and oxygen atoms in total. The Kier molecular flexibility index (Phi) is 3.54. The van der Waals surface area contributed by atoms with Gasteiger partial charge in [-0.15, -0.1) is 0 Å². The first kappa shape index (κ1) is 9.01. The van der Waals surface area contributed by atoms with Crippen molar-refractivity contribution in [1.82, 2.24) is 9.78 Å². The van der Waals surface area contributed by atoms with Crippen LogP contribution in [-0.2, 0) is 7.05 Å². The Hall–Kier alpha value is -0.990. The van der Waals surface area contributed by atoms with E-state index in [1.54, 1.807) is 4.68 Å². The zero-order valence-electron chi connectivity index (χ0n) is 7.05. The summed E-state index contributed by atoms with van der Waals surface area (Å²) in [5.41, 5.74) is 6.44.